The summed E-state index contributed by atoms with van der Waals surface area (Å²) in [5, 5.41) is 6.82. The van der Waals surface area contributed by atoms with Crippen LogP contribution in [0.2, 0.25) is 0 Å². The molecule has 30 heavy (non-hydrogen) atoms. The Labute approximate surface area is 176 Å². The van der Waals surface area contributed by atoms with Gasteiger partial charge in [0.2, 0.25) is 0 Å². The Hall–Kier alpha value is -3.39. The maximum absolute atomic E-state index is 12.2. The van der Waals surface area contributed by atoms with E-state index in [-0.39, 0.29) is 5.91 Å². The Morgan fingerprint density at radius 3 is 2.87 bits per heavy atom. The van der Waals surface area contributed by atoms with Crippen molar-refractivity contribution in [2.75, 3.05) is 18.6 Å². The minimum absolute atomic E-state index is 0.180. The van der Waals surface area contributed by atoms with Gasteiger partial charge in [-0.05, 0) is 61.9 Å². The highest BCUT2D eigenvalue weighted by Crippen LogP contribution is 2.32. The molecule has 3 rings (SSSR count). The van der Waals surface area contributed by atoms with Crippen molar-refractivity contribution < 1.29 is 9.53 Å². The second-order valence-electron chi connectivity index (χ2n) is 7.02. The Kier molecular flexibility index (Phi) is 7.40. The van der Waals surface area contributed by atoms with Crippen molar-refractivity contribution >= 4 is 17.4 Å². The number of aromatic nitrogens is 1. The number of nitrogens with two attached hydrogens (primary N) is 2. The fourth-order valence-electron chi connectivity index (χ4n) is 3.60. The van der Waals surface area contributed by atoms with Crippen molar-refractivity contribution in [1.29, 1.82) is 0 Å². The molecule has 0 saturated heterocycles. The van der Waals surface area contributed by atoms with Crippen LogP contribution in [0.3, 0.4) is 0 Å². The van der Waals surface area contributed by atoms with E-state index in [9.17, 15) is 4.79 Å². The summed E-state index contributed by atoms with van der Waals surface area (Å²) in [7, 11) is 0. The molecule has 0 unspecified atom stereocenters. The zero-order chi connectivity index (χ0) is 21.3. The molecular weight excluding hydrogens is 380 g/mol. The largest absolute Gasteiger partial charge is 0.493 e. The van der Waals surface area contributed by atoms with Crippen molar-refractivity contribution in [3.63, 3.8) is 0 Å². The number of nitrogens with one attached hydrogen (secondary N) is 2. The Bertz CT molecular complexity index is 924. The summed E-state index contributed by atoms with van der Waals surface area (Å²) in [6, 6.07) is 7.33. The normalized spacial score (nSPS) is 14.1. The summed E-state index contributed by atoms with van der Waals surface area (Å²) in [6.07, 6.45) is 7.69. The number of amides is 1. The average molecular weight is 409 g/mol. The van der Waals surface area contributed by atoms with Gasteiger partial charge in [0.25, 0.3) is 5.91 Å². The van der Waals surface area contributed by atoms with E-state index in [0.29, 0.717) is 31.0 Å². The summed E-state index contributed by atoms with van der Waals surface area (Å²) in [5.74, 6) is 12.0. The molecule has 0 fully saturated rings. The molecule has 8 nitrogen and oxygen atoms in total. The van der Waals surface area contributed by atoms with Crippen molar-refractivity contribution in [2.45, 2.75) is 32.1 Å². The molecule has 158 valence electrons. The number of fused-ring (bicyclic) bond motifs is 1. The van der Waals surface area contributed by atoms with Gasteiger partial charge in [0.15, 0.2) is 0 Å². The predicted octanol–water partition coefficient (Wildman–Crippen LogP) is 2.29. The smallest absolute Gasteiger partial charge is 0.252 e. The Morgan fingerprint density at radius 1 is 1.30 bits per heavy atom. The number of nitrogens with zero attached hydrogens (tertiary/aromatic N) is 2. The van der Waals surface area contributed by atoms with Crippen LogP contribution in [0, 0.1) is 0 Å². The fraction of sp³-hybridized carbons (Fsp3) is 0.318. The van der Waals surface area contributed by atoms with Gasteiger partial charge >= 0.3 is 0 Å². The molecular formula is C22H28N6O2. The van der Waals surface area contributed by atoms with Crippen molar-refractivity contribution in [3.8, 4) is 5.75 Å². The summed E-state index contributed by atoms with van der Waals surface area (Å²) < 4.78 is 6.04. The molecule has 1 aromatic carbocycles. The molecule has 1 aliphatic rings. The van der Waals surface area contributed by atoms with E-state index in [1.807, 2.05) is 18.2 Å². The van der Waals surface area contributed by atoms with Crippen LogP contribution >= 0.6 is 0 Å². The molecule has 8 heteroatoms. The molecule has 0 bridgehead atoms. The molecule has 1 aromatic heterocycles. The third-order valence-corrected chi connectivity index (χ3v) is 5.08. The van der Waals surface area contributed by atoms with E-state index in [1.165, 1.54) is 11.8 Å². The number of hydrazine groups is 1. The summed E-state index contributed by atoms with van der Waals surface area (Å²) in [5.41, 5.74) is 7.37. The van der Waals surface area contributed by atoms with E-state index in [2.05, 4.69) is 27.4 Å². The average Bonchev–Trinajstić information content (AvgIpc) is 2.79. The van der Waals surface area contributed by atoms with E-state index in [1.54, 1.807) is 12.1 Å². The number of benzene rings is 1. The second-order valence-corrected chi connectivity index (χ2v) is 7.02. The van der Waals surface area contributed by atoms with Crippen LogP contribution in [0.5, 0.6) is 5.75 Å². The van der Waals surface area contributed by atoms with Gasteiger partial charge in [-0.25, -0.2) is 10.8 Å². The first-order chi connectivity index (χ1) is 14.7. The number of carbonyl (C=O) groups excluding carboxylic acids is 1. The first-order valence-corrected chi connectivity index (χ1v) is 10.0. The summed E-state index contributed by atoms with van der Waals surface area (Å²) in [6.45, 7) is 4.88. The lowest BCUT2D eigenvalue weighted by Crippen LogP contribution is -2.26. The molecule has 1 heterocycles. The zero-order valence-electron chi connectivity index (χ0n) is 17.0. The van der Waals surface area contributed by atoms with Gasteiger partial charge in [-0.3, -0.25) is 4.79 Å². The van der Waals surface area contributed by atoms with Crippen LogP contribution in [-0.2, 0) is 12.8 Å². The number of hydrogen-bond acceptors (Lipinski definition) is 7. The van der Waals surface area contributed by atoms with Gasteiger partial charge in [-0.1, -0.05) is 6.08 Å². The van der Waals surface area contributed by atoms with Crippen LogP contribution in [0.25, 0.3) is 0 Å². The van der Waals surface area contributed by atoms with Gasteiger partial charge < -0.3 is 21.3 Å². The van der Waals surface area contributed by atoms with Crippen LogP contribution in [0.4, 0.5) is 5.82 Å². The third kappa shape index (κ3) is 4.96. The number of carbonyl (C=O) groups is 1. The van der Waals surface area contributed by atoms with Crippen LogP contribution in [-0.4, -0.2) is 29.8 Å². The van der Waals surface area contributed by atoms with Crippen LogP contribution in [0.15, 0.2) is 48.2 Å². The molecule has 0 atom stereocenters. The first-order valence-electron chi connectivity index (χ1n) is 10.0. The first kappa shape index (κ1) is 21.3. The minimum Gasteiger partial charge on any atom is -0.493 e. The molecule has 0 radical (unpaired) electrons. The van der Waals surface area contributed by atoms with E-state index in [4.69, 9.17) is 16.4 Å². The number of rotatable bonds is 9. The van der Waals surface area contributed by atoms with Crippen LogP contribution in [0.1, 0.15) is 46.3 Å². The van der Waals surface area contributed by atoms with E-state index < -0.39 is 0 Å². The van der Waals surface area contributed by atoms with Gasteiger partial charge in [-0.15, -0.1) is 6.58 Å². The Morgan fingerprint density at radius 2 is 2.17 bits per heavy atom. The topological polar surface area (TPSA) is 128 Å². The standard InChI is InChI=1S/C22H28N6O2/c1-2-5-18-16-6-3-7-19(27-23)17(16)9-10-20(18)30-13-4-12-25-22(29)15-8-11-21(28-24)26-14-15/h2,8-11,14H,1,3-7,12-13,23-24H2,(H,25,29)(H,26,28). The van der Waals surface area contributed by atoms with Crippen LogP contribution < -0.4 is 27.2 Å². The zero-order valence-corrected chi connectivity index (χ0v) is 17.0. The van der Waals surface area contributed by atoms with Gasteiger partial charge in [-0.2, -0.15) is 5.10 Å². The lowest BCUT2D eigenvalue weighted by molar-refractivity contribution is 0.0951. The molecule has 2 aromatic rings. The number of ether oxygens (including phenoxy) is 1. The predicted molar refractivity (Wildman–Crippen MR) is 118 cm³/mol. The quantitative estimate of drug-likeness (QED) is 0.218. The van der Waals surface area contributed by atoms with E-state index in [0.717, 1.165) is 48.3 Å². The minimum atomic E-state index is -0.180. The van der Waals surface area contributed by atoms with E-state index >= 15 is 0 Å². The van der Waals surface area contributed by atoms with Gasteiger partial charge in [0, 0.05) is 23.9 Å². The lowest BCUT2D eigenvalue weighted by Gasteiger charge is -2.23. The maximum Gasteiger partial charge on any atom is 0.252 e. The molecule has 6 N–H and O–H groups in total. The molecule has 1 amide bonds. The molecule has 0 spiro atoms. The second kappa shape index (κ2) is 10.4. The fourth-order valence-corrected chi connectivity index (χ4v) is 3.60. The monoisotopic (exact) mass is 408 g/mol. The third-order valence-electron chi connectivity index (χ3n) is 5.08. The highest BCUT2D eigenvalue weighted by Gasteiger charge is 2.20. The molecule has 1 aliphatic carbocycles. The van der Waals surface area contributed by atoms with Crippen molar-refractivity contribution in [2.24, 2.45) is 16.8 Å². The highest BCUT2D eigenvalue weighted by molar-refractivity contribution is 6.03. The van der Waals surface area contributed by atoms with Crippen molar-refractivity contribution in [1.82, 2.24) is 10.3 Å². The van der Waals surface area contributed by atoms with Crippen molar-refractivity contribution in [3.05, 3.63) is 65.4 Å². The lowest BCUT2D eigenvalue weighted by atomic mass is 9.85. The number of allylic oxidation sites excluding steroid dienone is 1. The molecule has 0 saturated carbocycles. The number of hydrazone groups is 1. The number of nitrogen functional groups attached to an aromatic ring is 1. The number of pyridine rings is 1. The summed E-state index contributed by atoms with van der Waals surface area (Å²) >= 11 is 0. The van der Waals surface area contributed by atoms with Gasteiger partial charge in [0.1, 0.15) is 11.6 Å². The summed E-state index contributed by atoms with van der Waals surface area (Å²) in [4.78, 5) is 16.2. The Balaban J connectivity index is 1.55. The SMILES string of the molecule is C=CCc1c(OCCCNC(=O)c2ccc(NN)nc2)ccc2c1CCCC2=NN. The highest BCUT2D eigenvalue weighted by atomic mass is 16.5. The number of anilines is 1. The number of hydrogen-bond donors (Lipinski definition) is 4. The molecule has 0 aliphatic heterocycles. The maximum atomic E-state index is 12.2. The van der Waals surface area contributed by atoms with Gasteiger partial charge in [0.05, 0.1) is 17.9 Å².